The molecule has 0 radical (unpaired) electrons. The summed E-state index contributed by atoms with van der Waals surface area (Å²) in [4.78, 5) is 32.9. The fraction of sp³-hybridized carbons (Fsp3) is 0.333. The average Bonchev–Trinajstić information content (AvgIpc) is 3.34. The molecule has 2 atom stereocenters. The Morgan fingerprint density at radius 1 is 1.06 bits per heavy atom. The number of aryl methyl sites for hydroxylation is 1. The summed E-state index contributed by atoms with van der Waals surface area (Å²) >= 11 is 1.63. The van der Waals surface area contributed by atoms with E-state index < -0.39 is 5.92 Å². The van der Waals surface area contributed by atoms with Crippen LogP contribution in [-0.2, 0) is 11.2 Å². The molecule has 0 saturated heterocycles. The summed E-state index contributed by atoms with van der Waals surface area (Å²) in [5.41, 5.74) is 3.74. The Morgan fingerprint density at radius 2 is 1.84 bits per heavy atom. The van der Waals surface area contributed by atoms with Crippen molar-refractivity contribution in [2.75, 3.05) is 18.0 Å². The van der Waals surface area contributed by atoms with Crippen LogP contribution in [0.4, 0.5) is 5.69 Å². The van der Waals surface area contributed by atoms with E-state index in [1.54, 1.807) is 11.3 Å². The molecule has 0 aliphatic carbocycles. The van der Waals surface area contributed by atoms with E-state index in [0.29, 0.717) is 24.6 Å². The maximum Gasteiger partial charge on any atom is 0.254 e. The van der Waals surface area contributed by atoms with Gasteiger partial charge in [0, 0.05) is 29.2 Å². The van der Waals surface area contributed by atoms with Gasteiger partial charge in [0.05, 0.1) is 12.0 Å². The summed E-state index contributed by atoms with van der Waals surface area (Å²) in [6.45, 7) is 5.58. The predicted octanol–water partition coefficient (Wildman–Crippen LogP) is 5.66. The van der Waals surface area contributed by atoms with Gasteiger partial charge in [0.25, 0.3) is 5.91 Å². The summed E-state index contributed by atoms with van der Waals surface area (Å²) in [6.07, 6.45) is 1.95. The van der Waals surface area contributed by atoms with Gasteiger partial charge < -0.3 is 9.80 Å². The molecule has 4 nitrogen and oxygen atoms in total. The van der Waals surface area contributed by atoms with Crippen LogP contribution < -0.4 is 4.90 Å². The molecule has 2 unspecified atom stereocenters. The van der Waals surface area contributed by atoms with Crippen LogP contribution in [0.5, 0.6) is 0 Å². The Kier molecular flexibility index (Phi) is 5.60. The van der Waals surface area contributed by atoms with Crippen molar-refractivity contribution >= 4 is 28.8 Å². The predicted molar refractivity (Wildman–Crippen MR) is 129 cm³/mol. The Morgan fingerprint density at radius 3 is 2.62 bits per heavy atom. The SMILES string of the molecule is CC(C)CN1C(=O)c2ccccc2C(C(=O)N2CCCc3ccccc32)C1c1cccs1. The second-order valence-corrected chi connectivity index (χ2v) is 10.1. The van der Waals surface area contributed by atoms with Crippen LogP contribution in [0.15, 0.2) is 66.0 Å². The number of hydrogen-bond acceptors (Lipinski definition) is 3. The monoisotopic (exact) mass is 444 g/mol. The number of carbonyl (C=O) groups is 2. The van der Waals surface area contributed by atoms with Crippen molar-refractivity contribution in [3.05, 3.63) is 87.6 Å². The van der Waals surface area contributed by atoms with Gasteiger partial charge >= 0.3 is 0 Å². The molecule has 0 spiro atoms. The first kappa shape index (κ1) is 21.0. The molecular formula is C27H28N2O2S. The zero-order chi connectivity index (χ0) is 22.2. The van der Waals surface area contributed by atoms with Gasteiger partial charge in [0.2, 0.25) is 5.91 Å². The first-order valence-corrected chi connectivity index (χ1v) is 12.3. The molecule has 32 heavy (non-hydrogen) atoms. The molecule has 0 saturated carbocycles. The second kappa shape index (κ2) is 8.55. The molecule has 2 aliphatic heterocycles. The van der Waals surface area contributed by atoms with Crippen LogP contribution in [-0.4, -0.2) is 29.8 Å². The van der Waals surface area contributed by atoms with Crippen LogP contribution in [0, 0.1) is 5.92 Å². The Labute approximate surface area is 193 Å². The number of thiophene rings is 1. The third-order valence-electron chi connectivity index (χ3n) is 6.48. The number of para-hydroxylation sites is 1. The van der Waals surface area contributed by atoms with E-state index in [0.717, 1.165) is 29.0 Å². The first-order chi connectivity index (χ1) is 15.6. The zero-order valence-corrected chi connectivity index (χ0v) is 19.3. The summed E-state index contributed by atoms with van der Waals surface area (Å²) in [5, 5.41) is 2.03. The summed E-state index contributed by atoms with van der Waals surface area (Å²) < 4.78 is 0. The largest absolute Gasteiger partial charge is 0.329 e. The van der Waals surface area contributed by atoms with Gasteiger partial charge in [-0.15, -0.1) is 11.3 Å². The molecule has 2 aromatic carbocycles. The minimum absolute atomic E-state index is 0.0239. The van der Waals surface area contributed by atoms with Gasteiger partial charge in [0.1, 0.15) is 0 Å². The number of rotatable bonds is 4. The third-order valence-corrected chi connectivity index (χ3v) is 7.42. The van der Waals surface area contributed by atoms with Crippen LogP contribution >= 0.6 is 11.3 Å². The minimum Gasteiger partial charge on any atom is -0.329 e. The minimum atomic E-state index is -0.424. The lowest BCUT2D eigenvalue weighted by atomic mass is 9.80. The first-order valence-electron chi connectivity index (χ1n) is 11.4. The normalized spacial score (nSPS) is 20.3. The van der Waals surface area contributed by atoms with Gasteiger partial charge in [-0.3, -0.25) is 9.59 Å². The number of hydrogen-bond donors (Lipinski definition) is 0. The standard InChI is InChI=1S/C27H28N2O2S/c1-18(2)17-29-25(23-14-8-16-32-23)24(20-11-4-5-12-21(20)26(29)30)27(31)28-15-7-10-19-9-3-6-13-22(19)28/h3-6,8-9,11-14,16,18,24-25H,7,10,15,17H2,1-2H3. The quantitative estimate of drug-likeness (QED) is 0.521. The van der Waals surface area contributed by atoms with Crippen molar-refractivity contribution in [3.8, 4) is 0 Å². The second-order valence-electron chi connectivity index (χ2n) is 9.10. The number of nitrogens with zero attached hydrogens (tertiary/aromatic N) is 2. The van der Waals surface area contributed by atoms with Crippen LogP contribution in [0.25, 0.3) is 0 Å². The number of fused-ring (bicyclic) bond motifs is 2. The van der Waals surface area contributed by atoms with E-state index in [1.165, 1.54) is 5.56 Å². The van der Waals surface area contributed by atoms with Crippen molar-refractivity contribution in [3.63, 3.8) is 0 Å². The van der Waals surface area contributed by atoms with Crippen LogP contribution in [0.1, 0.15) is 58.6 Å². The van der Waals surface area contributed by atoms with Crippen molar-refractivity contribution in [1.29, 1.82) is 0 Å². The van der Waals surface area contributed by atoms with Crippen molar-refractivity contribution in [2.45, 2.75) is 38.6 Å². The molecule has 0 N–H and O–H groups in total. The highest BCUT2D eigenvalue weighted by Crippen LogP contribution is 2.46. The number of carbonyl (C=O) groups excluding carboxylic acids is 2. The summed E-state index contributed by atoms with van der Waals surface area (Å²) in [5.74, 6) is -0.00866. The smallest absolute Gasteiger partial charge is 0.254 e. The molecule has 5 heteroatoms. The highest BCUT2D eigenvalue weighted by molar-refractivity contribution is 7.10. The summed E-state index contributed by atoms with van der Waals surface area (Å²) in [6, 6.07) is 19.7. The lowest BCUT2D eigenvalue weighted by Crippen LogP contribution is -2.50. The van der Waals surface area contributed by atoms with Crippen LogP contribution in [0.2, 0.25) is 0 Å². The van der Waals surface area contributed by atoms with Gasteiger partial charge in [-0.2, -0.15) is 0 Å². The molecule has 5 rings (SSSR count). The third kappa shape index (κ3) is 3.55. The topological polar surface area (TPSA) is 40.6 Å². The molecular weight excluding hydrogens is 416 g/mol. The van der Waals surface area contributed by atoms with E-state index in [9.17, 15) is 9.59 Å². The Hall–Kier alpha value is -2.92. The van der Waals surface area contributed by atoms with E-state index in [4.69, 9.17) is 0 Å². The highest BCUT2D eigenvalue weighted by Gasteiger charge is 2.46. The van der Waals surface area contributed by atoms with E-state index in [-0.39, 0.29) is 17.9 Å². The molecule has 3 heterocycles. The molecule has 0 bridgehead atoms. The maximum atomic E-state index is 14.3. The Bertz CT molecular complexity index is 1140. The maximum absolute atomic E-state index is 14.3. The van der Waals surface area contributed by atoms with Crippen molar-refractivity contribution < 1.29 is 9.59 Å². The van der Waals surface area contributed by atoms with Crippen molar-refractivity contribution in [2.24, 2.45) is 5.92 Å². The van der Waals surface area contributed by atoms with Gasteiger partial charge in [-0.05, 0) is 53.5 Å². The van der Waals surface area contributed by atoms with Gasteiger partial charge in [-0.25, -0.2) is 0 Å². The summed E-state index contributed by atoms with van der Waals surface area (Å²) in [7, 11) is 0. The van der Waals surface area contributed by atoms with Gasteiger partial charge in [-0.1, -0.05) is 56.3 Å². The molecule has 164 valence electrons. The lowest BCUT2D eigenvalue weighted by molar-refractivity contribution is -0.121. The van der Waals surface area contributed by atoms with Crippen LogP contribution in [0.3, 0.4) is 0 Å². The van der Waals surface area contributed by atoms with E-state index in [1.807, 2.05) is 57.6 Å². The number of amides is 2. The fourth-order valence-corrected chi connectivity index (χ4v) is 6.03. The zero-order valence-electron chi connectivity index (χ0n) is 18.5. The average molecular weight is 445 g/mol. The number of benzene rings is 2. The highest BCUT2D eigenvalue weighted by atomic mass is 32.1. The Balaban J connectivity index is 1.66. The molecule has 2 amide bonds. The molecule has 0 fully saturated rings. The lowest BCUT2D eigenvalue weighted by Gasteiger charge is -2.44. The van der Waals surface area contributed by atoms with Crippen molar-refractivity contribution in [1.82, 2.24) is 4.90 Å². The van der Waals surface area contributed by atoms with Gasteiger partial charge in [0.15, 0.2) is 0 Å². The molecule has 3 aromatic rings. The van der Waals surface area contributed by atoms with E-state index >= 15 is 0 Å². The van der Waals surface area contributed by atoms with E-state index in [2.05, 4.69) is 32.0 Å². The molecule has 2 aliphatic rings. The molecule has 1 aromatic heterocycles. The fourth-order valence-electron chi connectivity index (χ4n) is 5.16. The number of anilines is 1.